The fraction of sp³-hybridized carbons (Fsp3) is 0.500. The molecular formula is C14H17Cl2NO3S. The standard InChI is InChI=1S/C14H17Cl2NO3S/c1-9(21-13-6-10(15)2-3-12(13)16)14(19)17-4-5-20-11(7-17)8-18/h2-3,6,9,11,18H,4-5,7-8H2,1H3. The summed E-state index contributed by atoms with van der Waals surface area (Å²) in [7, 11) is 0. The van der Waals surface area contributed by atoms with Crippen molar-refractivity contribution in [1.82, 2.24) is 4.90 Å². The van der Waals surface area contributed by atoms with Gasteiger partial charge in [-0.3, -0.25) is 4.79 Å². The molecule has 0 saturated carbocycles. The topological polar surface area (TPSA) is 49.8 Å². The Balaban J connectivity index is 2.00. The van der Waals surface area contributed by atoms with Gasteiger partial charge < -0.3 is 14.7 Å². The van der Waals surface area contributed by atoms with Gasteiger partial charge in [-0.25, -0.2) is 0 Å². The molecule has 1 aromatic rings. The maximum absolute atomic E-state index is 12.5. The molecule has 1 fully saturated rings. The number of benzene rings is 1. The number of carbonyl (C=O) groups excluding carboxylic acids is 1. The lowest BCUT2D eigenvalue weighted by Crippen LogP contribution is -2.49. The first-order valence-electron chi connectivity index (χ1n) is 6.64. The molecule has 116 valence electrons. The highest BCUT2D eigenvalue weighted by Gasteiger charge is 2.27. The van der Waals surface area contributed by atoms with Gasteiger partial charge >= 0.3 is 0 Å². The van der Waals surface area contributed by atoms with Crippen LogP contribution in [0.5, 0.6) is 0 Å². The van der Waals surface area contributed by atoms with E-state index >= 15 is 0 Å². The van der Waals surface area contributed by atoms with Crippen molar-refractivity contribution < 1.29 is 14.6 Å². The number of nitrogens with zero attached hydrogens (tertiary/aromatic N) is 1. The molecular weight excluding hydrogens is 333 g/mol. The Morgan fingerprint density at radius 2 is 2.33 bits per heavy atom. The van der Waals surface area contributed by atoms with Crippen molar-refractivity contribution in [3.63, 3.8) is 0 Å². The fourth-order valence-electron chi connectivity index (χ4n) is 2.10. The lowest BCUT2D eigenvalue weighted by molar-refractivity contribution is -0.139. The molecule has 2 unspecified atom stereocenters. The molecule has 0 bridgehead atoms. The maximum atomic E-state index is 12.5. The predicted octanol–water partition coefficient (Wildman–Crippen LogP) is 2.69. The Morgan fingerprint density at radius 1 is 1.57 bits per heavy atom. The van der Waals surface area contributed by atoms with Gasteiger partial charge in [0.05, 0.1) is 29.6 Å². The summed E-state index contributed by atoms with van der Waals surface area (Å²) in [5, 5.41) is 10.0. The van der Waals surface area contributed by atoms with Crippen LogP contribution in [0.25, 0.3) is 0 Å². The van der Waals surface area contributed by atoms with Crippen LogP contribution in [-0.4, -0.2) is 53.6 Å². The van der Waals surface area contributed by atoms with Crippen molar-refractivity contribution in [2.24, 2.45) is 0 Å². The molecule has 0 aromatic heterocycles. The van der Waals surface area contributed by atoms with Crippen LogP contribution in [0.15, 0.2) is 23.1 Å². The van der Waals surface area contributed by atoms with Crippen LogP contribution < -0.4 is 0 Å². The number of hydrogen-bond donors (Lipinski definition) is 1. The zero-order chi connectivity index (χ0) is 15.4. The lowest BCUT2D eigenvalue weighted by Gasteiger charge is -2.33. The number of rotatable bonds is 4. The first-order chi connectivity index (χ1) is 10.0. The minimum atomic E-state index is -0.297. The van der Waals surface area contributed by atoms with Crippen LogP contribution in [0.4, 0.5) is 0 Å². The first kappa shape index (κ1) is 16.9. The van der Waals surface area contributed by atoms with Gasteiger partial charge in [0.2, 0.25) is 5.91 Å². The first-order valence-corrected chi connectivity index (χ1v) is 8.27. The van der Waals surface area contributed by atoms with E-state index in [-0.39, 0.29) is 23.9 Å². The van der Waals surface area contributed by atoms with Crippen LogP contribution in [0.1, 0.15) is 6.92 Å². The molecule has 0 aliphatic carbocycles. The summed E-state index contributed by atoms with van der Waals surface area (Å²) in [5.41, 5.74) is 0. The average Bonchev–Trinajstić information content (AvgIpc) is 2.50. The fourth-order valence-corrected chi connectivity index (χ4v) is 3.59. The monoisotopic (exact) mass is 349 g/mol. The SMILES string of the molecule is CC(Sc1cc(Cl)ccc1Cl)C(=O)N1CCOC(CO)C1. The van der Waals surface area contributed by atoms with Crippen molar-refractivity contribution in [1.29, 1.82) is 0 Å². The van der Waals surface area contributed by atoms with E-state index in [0.29, 0.717) is 29.7 Å². The van der Waals surface area contributed by atoms with E-state index in [9.17, 15) is 4.79 Å². The normalized spacial score (nSPS) is 20.4. The largest absolute Gasteiger partial charge is 0.394 e. The third-order valence-electron chi connectivity index (χ3n) is 3.20. The highest BCUT2D eigenvalue weighted by atomic mass is 35.5. The van der Waals surface area contributed by atoms with E-state index in [1.165, 1.54) is 11.8 Å². The highest BCUT2D eigenvalue weighted by molar-refractivity contribution is 8.00. The Morgan fingerprint density at radius 3 is 3.05 bits per heavy atom. The van der Waals surface area contributed by atoms with Crippen molar-refractivity contribution in [2.75, 3.05) is 26.3 Å². The van der Waals surface area contributed by atoms with Gasteiger partial charge in [0, 0.05) is 23.0 Å². The number of halogens is 2. The van der Waals surface area contributed by atoms with E-state index in [1.54, 1.807) is 23.1 Å². The molecule has 4 nitrogen and oxygen atoms in total. The van der Waals surface area contributed by atoms with Crippen LogP contribution in [0.2, 0.25) is 10.0 Å². The number of thioether (sulfide) groups is 1. The molecule has 1 heterocycles. The number of hydrogen-bond acceptors (Lipinski definition) is 4. The van der Waals surface area contributed by atoms with Gasteiger partial charge in [0.1, 0.15) is 0 Å². The minimum absolute atomic E-state index is 0.0118. The predicted molar refractivity (Wildman–Crippen MR) is 85.2 cm³/mol. The third-order valence-corrected chi connectivity index (χ3v) is 5.02. The van der Waals surface area contributed by atoms with E-state index in [4.69, 9.17) is 33.0 Å². The number of ether oxygens (including phenoxy) is 1. The molecule has 1 aliphatic rings. The summed E-state index contributed by atoms with van der Waals surface area (Å²) < 4.78 is 5.35. The molecule has 0 spiro atoms. The van der Waals surface area contributed by atoms with Crippen LogP contribution >= 0.6 is 35.0 Å². The van der Waals surface area contributed by atoms with Crippen LogP contribution in [0, 0.1) is 0 Å². The second-order valence-corrected chi connectivity index (χ2v) is 7.02. The van der Waals surface area contributed by atoms with Crippen molar-refractivity contribution in [3.05, 3.63) is 28.2 Å². The van der Waals surface area contributed by atoms with Crippen molar-refractivity contribution >= 4 is 40.9 Å². The number of aliphatic hydroxyl groups excluding tert-OH is 1. The number of amides is 1. The van der Waals surface area contributed by atoms with Gasteiger partial charge in [0.25, 0.3) is 0 Å². The molecule has 1 N–H and O–H groups in total. The third kappa shape index (κ3) is 4.50. The lowest BCUT2D eigenvalue weighted by atomic mass is 10.2. The Bertz CT molecular complexity index is 515. The zero-order valence-corrected chi connectivity index (χ0v) is 13.9. The number of aliphatic hydroxyl groups is 1. The summed E-state index contributed by atoms with van der Waals surface area (Å²) in [6.07, 6.45) is -0.297. The molecule has 2 atom stereocenters. The van der Waals surface area contributed by atoms with Gasteiger partial charge in [-0.2, -0.15) is 0 Å². The minimum Gasteiger partial charge on any atom is -0.394 e. The summed E-state index contributed by atoms with van der Waals surface area (Å²) in [6.45, 7) is 3.18. The highest BCUT2D eigenvalue weighted by Crippen LogP contribution is 2.33. The second-order valence-electron chi connectivity index (χ2n) is 4.79. The maximum Gasteiger partial charge on any atom is 0.235 e. The summed E-state index contributed by atoms with van der Waals surface area (Å²) >= 11 is 13.5. The second kappa shape index (κ2) is 7.70. The quantitative estimate of drug-likeness (QED) is 0.849. The van der Waals surface area contributed by atoms with Gasteiger partial charge in [0.15, 0.2) is 0 Å². The van der Waals surface area contributed by atoms with E-state index < -0.39 is 0 Å². The summed E-state index contributed by atoms with van der Waals surface area (Å²) in [5.74, 6) is 0.0118. The van der Waals surface area contributed by atoms with Crippen LogP contribution in [-0.2, 0) is 9.53 Å². The van der Waals surface area contributed by atoms with Crippen molar-refractivity contribution in [3.8, 4) is 0 Å². The molecule has 0 radical (unpaired) electrons. The van der Waals surface area contributed by atoms with Crippen molar-refractivity contribution in [2.45, 2.75) is 23.2 Å². The van der Waals surface area contributed by atoms with E-state index in [2.05, 4.69) is 0 Å². The average molecular weight is 350 g/mol. The van der Waals surface area contributed by atoms with Gasteiger partial charge in [-0.1, -0.05) is 23.2 Å². The van der Waals surface area contributed by atoms with Gasteiger partial charge in [-0.05, 0) is 25.1 Å². The molecule has 1 aliphatic heterocycles. The molecule has 1 saturated heterocycles. The smallest absolute Gasteiger partial charge is 0.235 e. The van der Waals surface area contributed by atoms with E-state index in [0.717, 1.165) is 4.90 Å². The van der Waals surface area contributed by atoms with E-state index in [1.807, 2.05) is 6.92 Å². The molecule has 2 rings (SSSR count). The Labute approximate surface area is 138 Å². The Hall–Kier alpha value is -0.460. The Kier molecular flexibility index (Phi) is 6.20. The summed E-state index contributed by atoms with van der Waals surface area (Å²) in [6, 6.07) is 5.20. The van der Waals surface area contributed by atoms with Crippen LogP contribution in [0.3, 0.4) is 0 Å². The van der Waals surface area contributed by atoms with Gasteiger partial charge in [-0.15, -0.1) is 11.8 Å². The summed E-state index contributed by atoms with van der Waals surface area (Å²) in [4.78, 5) is 15.0. The zero-order valence-electron chi connectivity index (χ0n) is 11.6. The molecule has 21 heavy (non-hydrogen) atoms. The number of carbonyl (C=O) groups is 1. The molecule has 1 aromatic carbocycles. The number of morpholine rings is 1. The molecule has 7 heteroatoms. The molecule has 1 amide bonds.